The van der Waals surface area contributed by atoms with Gasteiger partial charge in [-0.2, -0.15) is 0 Å². The van der Waals surface area contributed by atoms with Crippen molar-refractivity contribution >= 4 is 5.91 Å². The van der Waals surface area contributed by atoms with Crippen LogP contribution in [0.15, 0.2) is 10.5 Å². The summed E-state index contributed by atoms with van der Waals surface area (Å²) in [7, 11) is 0. The second-order valence-corrected chi connectivity index (χ2v) is 5.13. The smallest absolute Gasteiger partial charge is 0.287 e. The Bertz CT molecular complexity index is 433. The predicted octanol–water partition coefficient (Wildman–Crippen LogP) is 0.319. The van der Waals surface area contributed by atoms with Crippen molar-refractivity contribution in [1.82, 2.24) is 10.2 Å². The van der Waals surface area contributed by atoms with E-state index in [9.17, 15) is 9.90 Å². The third-order valence-electron chi connectivity index (χ3n) is 3.46. The first-order chi connectivity index (χ1) is 9.56. The Morgan fingerprint density at radius 3 is 2.75 bits per heavy atom. The van der Waals surface area contributed by atoms with Crippen LogP contribution in [0.4, 0.5) is 0 Å². The zero-order valence-electron chi connectivity index (χ0n) is 12.0. The predicted molar refractivity (Wildman–Crippen MR) is 73.8 cm³/mol. The Labute approximate surface area is 118 Å². The lowest BCUT2D eigenvalue weighted by atomic mass is 10.2. The lowest BCUT2D eigenvalue weighted by Gasteiger charge is -2.28. The van der Waals surface area contributed by atoms with Crippen molar-refractivity contribution in [2.75, 3.05) is 39.4 Å². The summed E-state index contributed by atoms with van der Waals surface area (Å²) in [6, 6.07) is 1.71. The fourth-order valence-electron chi connectivity index (χ4n) is 2.13. The highest BCUT2D eigenvalue weighted by Crippen LogP contribution is 2.12. The zero-order valence-corrected chi connectivity index (χ0v) is 12.0. The standard InChI is InChI=1S/C14H22N2O4/c1-10-7-13(20-11(10)2)14(18)15-8-12(17)9-16-3-5-19-6-4-16/h7,12,17H,3-6,8-9H2,1-2H3,(H,15,18). The first kappa shape index (κ1) is 15.0. The van der Waals surface area contributed by atoms with E-state index in [0.717, 1.165) is 24.4 Å². The van der Waals surface area contributed by atoms with E-state index in [1.165, 1.54) is 0 Å². The average Bonchev–Trinajstić information content (AvgIpc) is 2.77. The van der Waals surface area contributed by atoms with Crippen LogP contribution in [-0.4, -0.2) is 61.4 Å². The number of hydrogen-bond donors (Lipinski definition) is 2. The fourth-order valence-corrected chi connectivity index (χ4v) is 2.13. The monoisotopic (exact) mass is 282 g/mol. The normalized spacial score (nSPS) is 17.9. The number of nitrogens with zero attached hydrogens (tertiary/aromatic N) is 1. The lowest BCUT2D eigenvalue weighted by molar-refractivity contribution is 0.0148. The van der Waals surface area contributed by atoms with Crippen LogP contribution in [-0.2, 0) is 4.74 Å². The maximum Gasteiger partial charge on any atom is 0.287 e. The molecular formula is C14H22N2O4. The second kappa shape index (κ2) is 6.88. The topological polar surface area (TPSA) is 74.9 Å². The van der Waals surface area contributed by atoms with Crippen molar-refractivity contribution in [3.63, 3.8) is 0 Å². The van der Waals surface area contributed by atoms with Crippen LogP contribution in [0.5, 0.6) is 0 Å². The Hall–Kier alpha value is -1.37. The number of β-amino-alcohol motifs (C(OH)–C–C–N with tert-alkyl or cyclic N) is 1. The van der Waals surface area contributed by atoms with Gasteiger partial charge in [0.25, 0.3) is 5.91 Å². The summed E-state index contributed by atoms with van der Waals surface area (Å²) < 4.78 is 10.6. The summed E-state index contributed by atoms with van der Waals surface area (Å²) in [5, 5.41) is 12.6. The van der Waals surface area contributed by atoms with Crippen LogP contribution in [0, 0.1) is 13.8 Å². The van der Waals surface area contributed by atoms with Crippen LogP contribution in [0.3, 0.4) is 0 Å². The van der Waals surface area contributed by atoms with E-state index in [1.807, 2.05) is 13.8 Å². The molecule has 20 heavy (non-hydrogen) atoms. The number of ether oxygens (including phenoxy) is 1. The van der Waals surface area contributed by atoms with E-state index in [-0.39, 0.29) is 12.5 Å². The summed E-state index contributed by atoms with van der Waals surface area (Å²) in [6.07, 6.45) is -0.589. The fraction of sp³-hybridized carbons (Fsp3) is 0.643. The van der Waals surface area contributed by atoms with E-state index in [2.05, 4.69) is 10.2 Å². The van der Waals surface area contributed by atoms with Gasteiger partial charge in [-0.05, 0) is 25.5 Å². The van der Waals surface area contributed by atoms with Crippen LogP contribution in [0.2, 0.25) is 0 Å². The van der Waals surface area contributed by atoms with Gasteiger partial charge in [-0.3, -0.25) is 9.69 Å². The number of hydrogen-bond acceptors (Lipinski definition) is 5. The number of rotatable bonds is 5. The first-order valence-electron chi connectivity index (χ1n) is 6.89. The summed E-state index contributed by atoms with van der Waals surface area (Å²) in [5.74, 6) is 0.741. The minimum Gasteiger partial charge on any atom is -0.456 e. The molecule has 1 unspecified atom stereocenters. The minimum atomic E-state index is -0.589. The number of furan rings is 1. The Kier molecular flexibility index (Phi) is 5.17. The zero-order chi connectivity index (χ0) is 14.5. The van der Waals surface area contributed by atoms with Gasteiger partial charge in [0.05, 0.1) is 19.3 Å². The van der Waals surface area contributed by atoms with Crippen LogP contribution < -0.4 is 5.32 Å². The van der Waals surface area contributed by atoms with Crippen molar-refractivity contribution in [3.05, 3.63) is 23.2 Å². The molecule has 0 bridgehead atoms. The summed E-state index contributed by atoms with van der Waals surface area (Å²) in [5.41, 5.74) is 0.948. The van der Waals surface area contributed by atoms with Gasteiger partial charge in [0.15, 0.2) is 5.76 Å². The molecule has 2 N–H and O–H groups in total. The molecule has 0 aliphatic carbocycles. The average molecular weight is 282 g/mol. The largest absolute Gasteiger partial charge is 0.456 e. The molecule has 1 fully saturated rings. The molecule has 1 amide bonds. The van der Waals surface area contributed by atoms with Crippen LogP contribution in [0.25, 0.3) is 0 Å². The number of amides is 1. The van der Waals surface area contributed by atoms with E-state index in [4.69, 9.17) is 9.15 Å². The second-order valence-electron chi connectivity index (χ2n) is 5.13. The molecule has 6 nitrogen and oxygen atoms in total. The van der Waals surface area contributed by atoms with Crippen LogP contribution in [0.1, 0.15) is 21.9 Å². The van der Waals surface area contributed by atoms with Crippen LogP contribution >= 0.6 is 0 Å². The highest BCUT2D eigenvalue weighted by molar-refractivity contribution is 5.91. The van der Waals surface area contributed by atoms with Gasteiger partial charge < -0.3 is 19.6 Å². The molecule has 0 aromatic carbocycles. The van der Waals surface area contributed by atoms with E-state index in [0.29, 0.717) is 25.5 Å². The lowest BCUT2D eigenvalue weighted by Crippen LogP contribution is -2.44. The third kappa shape index (κ3) is 4.06. The quantitative estimate of drug-likeness (QED) is 0.813. The molecule has 1 aliphatic rings. The summed E-state index contributed by atoms with van der Waals surface area (Å²) in [6.45, 7) is 7.51. The summed E-state index contributed by atoms with van der Waals surface area (Å²) in [4.78, 5) is 14.0. The molecule has 0 saturated carbocycles. The Morgan fingerprint density at radius 2 is 2.15 bits per heavy atom. The number of aryl methyl sites for hydroxylation is 2. The number of nitrogens with one attached hydrogen (secondary N) is 1. The van der Waals surface area contributed by atoms with Gasteiger partial charge in [0.2, 0.25) is 0 Å². The minimum absolute atomic E-state index is 0.217. The molecule has 2 rings (SSSR count). The SMILES string of the molecule is Cc1cc(C(=O)NCC(O)CN2CCOCC2)oc1C. The molecule has 2 heterocycles. The van der Waals surface area contributed by atoms with Gasteiger partial charge in [0, 0.05) is 26.2 Å². The van der Waals surface area contributed by atoms with E-state index >= 15 is 0 Å². The van der Waals surface area contributed by atoms with Gasteiger partial charge in [-0.15, -0.1) is 0 Å². The van der Waals surface area contributed by atoms with Gasteiger partial charge >= 0.3 is 0 Å². The third-order valence-corrected chi connectivity index (χ3v) is 3.46. The molecule has 1 saturated heterocycles. The molecule has 6 heteroatoms. The maximum atomic E-state index is 11.9. The molecule has 1 atom stereocenters. The van der Waals surface area contributed by atoms with Crippen molar-refractivity contribution in [3.8, 4) is 0 Å². The maximum absolute atomic E-state index is 11.9. The van der Waals surface area contributed by atoms with Gasteiger partial charge in [0.1, 0.15) is 5.76 Å². The molecular weight excluding hydrogens is 260 g/mol. The first-order valence-corrected chi connectivity index (χ1v) is 6.89. The number of carbonyl (C=O) groups is 1. The number of aliphatic hydroxyl groups is 1. The number of carbonyl (C=O) groups excluding carboxylic acids is 1. The number of morpholine rings is 1. The molecule has 0 spiro atoms. The Balaban J connectivity index is 1.74. The molecule has 112 valence electrons. The van der Waals surface area contributed by atoms with Gasteiger partial charge in [-0.25, -0.2) is 0 Å². The van der Waals surface area contributed by atoms with E-state index < -0.39 is 6.10 Å². The molecule has 1 aliphatic heterocycles. The van der Waals surface area contributed by atoms with Crippen molar-refractivity contribution in [1.29, 1.82) is 0 Å². The van der Waals surface area contributed by atoms with E-state index in [1.54, 1.807) is 6.07 Å². The number of aliphatic hydroxyl groups excluding tert-OH is 1. The highest BCUT2D eigenvalue weighted by Gasteiger charge is 2.17. The molecule has 1 aromatic heterocycles. The molecule has 0 radical (unpaired) electrons. The Morgan fingerprint density at radius 1 is 1.45 bits per heavy atom. The van der Waals surface area contributed by atoms with Crippen molar-refractivity contribution in [2.45, 2.75) is 20.0 Å². The highest BCUT2D eigenvalue weighted by atomic mass is 16.5. The van der Waals surface area contributed by atoms with Crippen molar-refractivity contribution < 1.29 is 19.1 Å². The summed E-state index contributed by atoms with van der Waals surface area (Å²) >= 11 is 0. The molecule has 1 aromatic rings. The van der Waals surface area contributed by atoms with Gasteiger partial charge in [-0.1, -0.05) is 0 Å². The van der Waals surface area contributed by atoms with Crippen molar-refractivity contribution in [2.24, 2.45) is 0 Å².